The second-order valence-electron chi connectivity index (χ2n) is 2.36. The highest BCUT2D eigenvalue weighted by atomic mass is 16.9. The molecule has 0 N–H and O–H groups in total. The summed E-state index contributed by atoms with van der Waals surface area (Å²) >= 11 is 0. The second-order valence-corrected chi connectivity index (χ2v) is 2.36. The molecule has 0 saturated carbocycles. The molecule has 0 aliphatic heterocycles. The average Bonchev–Trinajstić information content (AvgIpc) is 2.19. The minimum atomic E-state index is 0.326. The lowest BCUT2D eigenvalue weighted by molar-refractivity contribution is -0.332. The molecule has 13 heavy (non-hydrogen) atoms. The van der Waals surface area contributed by atoms with Crippen molar-refractivity contribution in [3.8, 4) is 0 Å². The SMILES string of the molecule is CON(Cc1ccccc1)OC=O. The fourth-order valence-electron chi connectivity index (χ4n) is 0.925. The molecular formula is C9H11NO3. The van der Waals surface area contributed by atoms with Crippen molar-refractivity contribution >= 4 is 6.47 Å². The van der Waals surface area contributed by atoms with Gasteiger partial charge in [-0.15, -0.1) is 0 Å². The molecule has 0 aliphatic rings. The molecule has 0 atom stereocenters. The summed E-state index contributed by atoms with van der Waals surface area (Å²) in [6.07, 6.45) is 0. The van der Waals surface area contributed by atoms with E-state index in [1.54, 1.807) is 0 Å². The van der Waals surface area contributed by atoms with Gasteiger partial charge in [0.15, 0.2) is 0 Å². The zero-order chi connectivity index (χ0) is 9.52. The molecule has 0 spiro atoms. The molecule has 1 aromatic carbocycles. The van der Waals surface area contributed by atoms with Crippen LogP contribution in [0.3, 0.4) is 0 Å². The van der Waals surface area contributed by atoms with Gasteiger partial charge in [0, 0.05) is 0 Å². The van der Waals surface area contributed by atoms with Crippen molar-refractivity contribution in [1.29, 1.82) is 0 Å². The van der Waals surface area contributed by atoms with E-state index in [1.807, 2.05) is 30.3 Å². The minimum absolute atomic E-state index is 0.326. The summed E-state index contributed by atoms with van der Waals surface area (Å²) in [7, 11) is 1.44. The van der Waals surface area contributed by atoms with Crippen LogP contribution in [0.25, 0.3) is 0 Å². The van der Waals surface area contributed by atoms with E-state index in [9.17, 15) is 4.79 Å². The van der Waals surface area contributed by atoms with Crippen molar-refractivity contribution in [2.75, 3.05) is 7.11 Å². The Labute approximate surface area is 76.6 Å². The Bertz CT molecular complexity index is 250. The summed E-state index contributed by atoms with van der Waals surface area (Å²) in [5.74, 6) is 0. The van der Waals surface area contributed by atoms with E-state index in [-0.39, 0.29) is 0 Å². The number of nitrogens with zero attached hydrogens (tertiary/aromatic N) is 1. The first-order valence-electron chi connectivity index (χ1n) is 3.83. The Kier molecular flexibility index (Phi) is 3.95. The molecule has 0 fully saturated rings. The molecule has 0 aromatic heterocycles. The van der Waals surface area contributed by atoms with Gasteiger partial charge in [0.05, 0.1) is 13.7 Å². The lowest BCUT2D eigenvalue weighted by Gasteiger charge is -2.14. The van der Waals surface area contributed by atoms with Crippen LogP contribution in [0.5, 0.6) is 0 Å². The number of rotatable bonds is 5. The fraction of sp³-hybridized carbons (Fsp3) is 0.222. The van der Waals surface area contributed by atoms with Gasteiger partial charge in [0.2, 0.25) is 0 Å². The van der Waals surface area contributed by atoms with Crippen molar-refractivity contribution in [1.82, 2.24) is 5.23 Å². The molecule has 4 nitrogen and oxygen atoms in total. The lowest BCUT2D eigenvalue weighted by atomic mass is 10.2. The Hall–Kier alpha value is -1.39. The van der Waals surface area contributed by atoms with Gasteiger partial charge in [-0.1, -0.05) is 30.3 Å². The first kappa shape index (κ1) is 9.70. The topological polar surface area (TPSA) is 38.8 Å². The monoisotopic (exact) mass is 181 g/mol. The van der Waals surface area contributed by atoms with Gasteiger partial charge in [-0.05, 0) is 10.8 Å². The van der Waals surface area contributed by atoms with E-state index in [1.165, 1.54) is 7.11 Å². The first-order valence-corrected chi connectivity index (χ1v) is 3.83. The van der Waals surface area contributed by atoms with Crippen molar-refractivity contribution in [3.05, 3.63) is 35.9 Å². The van der Waals surface area contributed by atoms with Crippen LogP contribution in [0.1, 0.15) is 5.56 Å². The summed E-state index contributed by atoms with van der Waals surface area (Å²) in [5, 5.41) is 1.10. The third kappa shape index (κ3) is 3.23. The Morgan fingerprint density at radius 3 is 2.62 bits per heavy atom. The highest BCUT2D eigenvalue weighted by Gasteiger charge is 2.03. The van der Waals surface area contributed by atoms with Crippen molar-refractivity contribution in [2.45, 2.75) is 6.54 Å². The smallest absolute Gasteiger partial charge is 0.316 e. The van der Waals surface area contributed by atoms with E-state index in [4.69, 9.17) is 4.84 Å². The maximum Gasteiger partial charge on any atom is 0.316 e. The number of carbonyl (C=O) groups excluding carboxylic acids is 1. The van der Waals surface area contributed by atoms with E-state index < -0.39 is 0 Å². The average molecular weight is 181 g/mol. The molecule has 0 heterocycles. The zero-order valence-corrected chi connectivity index (χ0v) is 7.34. The van der Waals surface area contributed by atoms with Crippen LogP contribution in [0.15, 0.2) is 30.3 Å². The van der Waals surface area contributed by atoms with Crippen LogP contribution < -0.4 is 0 Å². The number of hydroxylamine groups is 2. The molecule has 1 rings (SSSR count). The van der Waals surface area contributed by atoms with Crippen LogP contribution in [-0.4, -0.2) is 18.8 Å². The normalized spacial score (nSPS) is 10.0. The molecule has 0 saturated heterocycles. The molecule has 0 radical (unpaired) electrons. The molecular weight excluding hydrogens is 170 g/mol. The number of hydrogen-bond donors (Lipinski definition) is 0. The molecule has 4 heteroatoms. The van der Waals surface area contributed by atoms with Crippen LogP contribution in [0.4, 0.5) is 0 Å². The molecule has 0 bridgehead atoms. The fourth-order valence-corrected chi connectivity index (χ4v) is 0.925. The largest absolute Gasteiger partial charge is 0.345 e. The van der Waals surface area contributed by atoms with Gasteiger partial charge in [0.1, 0.15) is 0 Å². The Morgan fingerprint density at radius 2 is 2.08 bits per heavy atom. The van der Waals surface area contributed by atoms with E-state index in [2.05, 4.69) is 4.84 Å². The van der Waals surface area contributed by atoms with Crippen molar-refractivity contribution < 1.29 is 14.5 Å². The summed E-state index contributed by atoms with van der Waals surface area (Å²) in [4.78, 5) is 19.3. The molecule has 0 unspecified atom stereocenters. The molecule has 0 aliphatic carbocycles. The van der Waals surface area contributed by atoms with E-state index >= 15 is 0 Å². The predicted octanol–water partition coefficient (Wildman–Crippen LogP) is 1.14. The lowest BCUT2D eigenvalue weighted by Crippen LogP contribution is -2.21. The van der Waals surface area contributed by atoms with Crippen LogP contribution >= 0.6 is 0 Å². The van der Waals surface area contributed by atoms with Gasteiger partial charge in [-0.3, -0.25) is 9.63 Å². The van der Waals surface area contributed by atoms with Gasteiger partial charge in [-0.2, -0.15) is 0 Å². The van der Waals surface area contributed by atoms with Crippen molar-refractivity contribution in [2.24, 2.45) is 0 Å². The number of benzene rings is 1. The van der Waals surface area contributed by atoms with Crippen LogP contribution in [-0.2, 0) is 21.0 Å². The molecule has 0 amide bonds. The van der Waals surface area contributed by atoms with E-state index in [0.717, 1.165) is 10.8 Å². The highest BCUT2D eigenvalue weighted by molar-refractivity contribution is 5.36. The van der Waals surface area contributed by atoms with Crippen LogP contribution in [0, 0.1) is 0 Å². The third-order valence-corrected chi connectivity index (χ3v) is 1.52. The molecule has 1 aromatic rings. The maximum absolute atomic E-state index is 10.0. The van der Waals surface area contributed by atoms with E-state index in [0.29, 0.717) is 13.0 Å². The summed E-state index contributed by atoms with van der Waals surface area (Å²) in [5.41, 5.74) is 1.01. The Balaban J connectivity index is 2.51. The summed E-state index contributed by atoms with van der Waals surface area (Å²) in [6, 6.07) is 9.57. The van der Waals surface area contributed by atoms with Crippen LogP contribution in [0.2, 0.25) is 0 Å². The Morgan fingerprint density at radius 1 is 1.38 bits per heavy atom. The third-order valence-electron chi connectivity index (χ3n) is 1.52. The van der Waals surface area contributed by atoms with Gasteiger partial charge in [0.25, 0.3) is 0 Å². The minimum Gasteiger partial charge on any atom is -0.345 e. The zero-order valence-electron chi connectivity index (χ0n) is 7.34. The standard InChI is InChI=1S/C9H11NO3/c1-12-10(13-8-11)7-9-5-3-2-4-6-9/h2-6,8H,7H2,1H3. The van der Waals surface area contributed by atoms with Gasteiger partial charge >= 0.3 is 6.47 Å². The number of carbonyl (C=O) groups is 1. The number of hydrogen-bond acceptors (Lipinski definition) is 4. The summed E-state index contributed by atoms with van der Waals surface area (Å²) < 4.78 is 0. The summed E-state index contributed by atoms with van der Waals surface area (Å²) in [6.45, 7) is 0.739. The second kappa shape index (κ2) is 5.29. The highest BCUT2D eigenvalue weighted by Crippen LogP contribution is 2.03. The predicted molar refractivity (Wildman–Crippen MR) is 46.1 cm³/mol. The molecule has 70 valence electrons. The van der Waals surface area contributed by atoms with Gasteiger partial charge in [-0.25, -0.2) is 0 Å². The van der Waals surface area contributed by atoms with Crippen molar-refractivity contribution in [3.63, 3.8) is 0 Å². The maximum atomic E-state index is 10.0. The first-order chi connectivity index (χ1) is 6.36. The quantitative estimate of drug-likeness (QED) is 0.504. The van der Waals surface area contributed by atoms with Gasteiger partial charge < -0.3 is 4.84 Å².